The van der Waals surface area contributed by atoms with Gasteiger partial charge in [0.2, 0.25) is 0 Å². The van der Waals surface area contributed by atoms with Gasteiger partial charge in [-0.25, -0.2) is 0 Å². The Balaban J connectivity index is 1.57. The van der Waals surface area contributed by atoms with Gasteiger partial charge in [-0.05, 0) is 47.5 Å². The van der Waals surface area contributed by atoms with Crippen molar-refractivity contribution in [1.29, 1.82) is 0 Å². The van der Waals surface area contributed by atoms with Crippen LogP contribution in [0.2, 0.25) is 0 Å². The van der Waals surface area contributed by atoms with Crippen LogP contribution in [0.4, 0.5) is 0 Å². The first-order chi connectivity index (χ1) is 14.7. The van der Waals surface area contributed by atoms with Crippen molar-refractivity contribution < 1.29 is 13.9 Å². The Bertz CT molecular complexity index is 1080. The summed E-state index contributed by atoms with van der Waals surface area (Å²) in [6, 6.07) is 25.5. The Hall–Kier alpha value is -3.73. The molecular formula is C25H24N2O3. The lowest BCUT2D eigenvalue weighted by molar-refractivity contribution is 0.0694. The van der Waals surface area contributed by atoms with E-state index >= 15 is 0 Å². The molecule has 0 saturated carbocycles. The molecule has 2 aromatic carbocycles. The molecule has 0 aliphatic heterocycles. The van der Waals surface area contributed by atoms with Gasteiger partial charge in [0.15, 0.2) is 5.76 Å². The van der Waals surface area contributed by atoms with E-state index in [4.69, 9.17) is 9.15 Å². The molecule has 0 N–H and O–H groups in total. The quantitative estimate of drug-likeness (QED) is 0.419. The largest absolute Gasteiger partial charge is 0.497 e. The van der Waals surface area contributed by atoms with E-state index < -0.39 is 0 Å². The number of furan rings is 1. The average Bonchev–Trinajstić information content (AvgIpc) is 3.46. The van der Waals surface area contributed by atoms with E-state index in [0.717, 1.165) is 22.6 Å². The maximum absolute atomic E-state index is 13.1. The lowest BCUT2D eigenvalue weighted by Gasteiger charge is -2.23. The molecule has 0 bridgehead atoms. The third-order valence-electron chi connectivity index (χ3n) is 5.00. The number of amides is 1. The van der Waals surface area contributed by atoms with Crippen molar-refractivity contribution in [1.82, 2.24) is 9.47 Å². The summed E-state index contributed by atoms with van der Waals surface area (Å²) in [4.78, 5) is 14.9. The molecule has 0 unspecified atom stereocenters. The predicted molar refractivity (Wildman–Crippen MR) is 115 cm³/mol. The van der Waals surface area contributed by atoms with E-state index in [2.05, 4.69) is 10.6 Å². The Morgan fingerprint density at radius 3 is 2.53 bits per heavy atom. The lowest BCUT2D eigenvalue weighted by Crippen LogP contribution is -2.30. The Labute approximate surface area is 176 Å². The van der Waals surface area contributed by atoms with Crippen molar-refractivity contribution in [3.05, 3.63) is 114 Å². The molecule has 30 heavy (non-hydrogen) atoms. The number of carbonyl (C=O) groups is 1. The zero-order valence-electron chi connectivity index (χ0n) is 16.9. The molecule has 0 aliphatic carbocycles. The van der Waals surface area contributed by atoms with Crippen molar-refractivity contribution in [2.75, 3.05) is 7.11 Å². The van der Waals surface area contributed by atoms with Gasteiger partial charge >= 0.3 is 0 Å². The van der Waals surface area contributed by atoms with E-state index in [1.807, 2.05) is 71.8 Å². The standard InChI is InChI=1S/C25H24N2O3/c1-29-23-12-5-10-21(16-23)18-26-14-6-11-22(26)19-27(17-20-8-3-2-4-9-20)25(28)24-13-7-15-30-24/h2-16H,17-19H2,1H3. The first-order valence-corrected chi connectivity index (χ1v) is 9.86. The van der Waals surface area contributed by atoms with Crippen LogP contribution in [0.25, 0.3) is 0 Å². The van der Waals surface area contributed by atoms with E-state index in [9.17, 15) is 4.79 Å². The molecule has 152 valence electrons. The van der Waals surface area contributed by atoms with Crippen LogP contribution in [-0.4, -0.2) is 22.5 Å². The number of hydrogen-bond acceptors (Lipinski definition) is 3. The van der Waals surface area contributed by atoms with Gasteiger partial charge in [0.25, 0.3) is 5.91 Å². The number of benzene rings is 2. The van der Waals surface area contributed by atoms with E-state index in [1.165, 1.54) is 6.26 Å². The zero-order valence-corrected chi connectivity index (χ0v) is 16.9. The Kier molecular flexibility index (Phi) is 5.99. The van der Waals surface area contributed by atoms with Crippen molar-refractivity contribution in [2.45, 2.75) is 19.6 Å². The van der Waals surface area contributed by atoms with Crippen LogP contribution in [0.5, 0.6) is 5.75 Å². The minimum atomic E-state index is -0.127. The summed E-state index contributed by atoms with van der Waals surface area (Å²) in [5.74, 6) is 1.05. The minimum Gasteiger partial charge on any atom is -0.497 e. The first-order valence-electron chi connectivity index (χ1n) is 9.86. The Morgan fingerprint density at radius 2 is 1.77 bits per heavy atom. The topological polar surface area (TPSA) is 47.6 Å². The summed E-state index contributed by atoms with van der Waals surface area (Å²) in [7, 11) is 1.67. The SMILES string of the molecule is COc1cccc(Cn2cccc2CN(Cc2ccccc2)C(=O)c2ccco2)c1. The molecule has 0 spiro atoms. The number of nitrogens with zero attached hydrogens (tertiary/aromatic N) is 2. The highest BCUT2D eigenvalue weighted by molar-refractivity contribution is 5.91. The van der Waals surface area contributed by atoms with E-state index in [0.29, 0.717) is 25.4 Å². The molecule has 1 amide bonds. The second-order valence-corrected chi connectivity index (χ2v) is 7.10. The van der Waals surface area contributed by atoms with Gasteiger partial charge in [0.05, 0.1) is 19.9 Å². The second kappa shape index (κ2) is 9.18. The lowest BCUT2D eigenvalue weighted by atomic mass is 10.2. The smallest absolute Gasteiger partial charge is 0.290 e. The highest BCUT2D eigenvalue weighted by Crippen LogP contribution is 2.18. The molecular weight excluding hydrogens is 376 g/mol. The van der Waals surface area contributed by atoms with Gasteiger partial charge in [-0.3, -0.25) is 4.79 Å². The predicted octanol–water partition coefficient (Wildman–Crippen LogP) is 4.98. The summed E-state index contributed by atoms with van der Waals surface area (Å²) < 4.78 is 12.9. The first kappa shape index (κ1) is 19.6. The summed E-state index contributed by atoms with van der Waals surface area (Å²) in [6.45, 7) is 1.68. The minimum absolute atomic E-state index is 0.127. The van der Waals surface area contributed by atoms with Crippen LogP contribution in [-0.2, 0) is 19.6 Å². The van der Waals surface area contributed by atoms with Crippen molar-refractivity contribution in [3.8, 4) is 5.75 Å². The number of methoxy groups -OCH3 is 1. The molecule has 2 heterocycles. The van der Waals surface area contributed by atoms with Crippen molar-refractivity contribution >= 4 is 5.91 Å². The van der Waals surface area contributed by atoms with Crippen LogP contribution in [0.1, 0.15) is 27.4 Å². The highest BCUT2D eigenvalue weighted by Gasteiger charge is 2.20. The van der Waals surface area contributed by atoms with Crippen LogP contribution in [0.15, 0.2) is 95.7 Å². The number of rotatable bonds is 8. The molecule has 4 rings (SSSR count). The van der Waals surface area contributed by atoms with Gasteiger partial charge in [-0.1, -0.05) is 42.5 Å². The summed E-state index contributed by atoms with van der Waals surface area (Å²) >= 11 is 0. The number of ether oxygens (including phenoxy) is 1. The zero-order chi connectivity index (χ0) is 20.8. The highest BCUT2D eigenvalue weighted by atomic mass is 16.5. The van der Waals surface area contributed by atoms with Crippen LogP contribution in [0, 0.1) is 0 Å². The van der Waals surface area contributed by atoms with Crippen molar-refractivity contribution in [2.24, 2.45) is 0 Å². The van der Waals surface area contributed by atoms with Gasteiger partial charge in [-0.2, -0.15) is 0 Å². The van der Waals surface area contributed by atoms with Gasteiger partial charge in [-0.15, -0.1) is 0 Å². The third kappa shape index (κ3) is 4.63. The molecule has 2 aromatic heterocycles. The second-order valence-electron chi connectivity index (χ2n) is 7.10. The fourth-order valence-corrected chi connectivity index (χ4v) is 3.47. The van der Waals surface area contributed by atoms with Gasteiger partial charge < -0.3 is 18.6 Å². The molecule has 0 radical (unpaired) electrons. The molecule has 0 saturated heterocycles. The van der Waals surface area contributed by atoms with Crippen LogP contribution in [0.3, 0.4) is 0 Å². The molecule has 5 nitrogen and oxygen atoms in total. The van der Waals surface area contributed by atoms with Crippen molar-refractivity contribution in [3.63, 3.8) is 0 Å². The summed E-state index contributed by atoms with van der Waals surface area (Å²) in [5, 5.41) is 0. The van der Waals surface area contributed by atoms with Gasteiger partial charge in [0, 0.05) is 25.0 Å². The fourth-order valence-electron chi connectivity index (χ4n) is 3.47. The van der Waals surface area contributed by atoms with Gasteiger partial charge in [0.1, 0.15) is 5.75 Å². The average molecular weight is 400 g/mol. The maximum atomic E-state index is 13.1. The number of carbonyl (C=O) groups excluding carboxylic acids is 1. The van der Waals surface area contributed by atoms with Crippen LogP contribution < -0.4 is 4.74 Å². The van der Waals surface area contributed by atoms with E-state index in [-0.39, 0.29) is 5.91 Å². The maximum Gasteiger partial charge on any atom is 0.290 e. The normalized spacial score (nSPS) is 10.7. The number of aromatic nitrogens is 1. The molecule has 4 aromatic rings. The monoisotopic (exact) mass is 400 g/mol. The molecule has 5 heteroatoms. The molecule has 0 aliphatic rings. The number of hydrogen-bond donors (Lipinski definition) is 0. The van der Waals surface area contributed by atoms with Crippen LogP contribution >= 0.6 is 0 Å². The van der Waals surface area contributed by atoms with E-state index in [1.54, 1.807) is 19.2 Å². The third-order valence-corrected chi connectivity index (χ3v) is 5.00. The Morgan fingerprint density at radius 1 is 0.933 bits per heavy atom. The molecule has 0 fully saturated rings. The fraction of sp³-hybridized carbons (Fsp3) is 0.160. The summed E-state index contributed by atoms with van der Waals surface area (Å²) in [5.41, 5.74) is 3.26. The molecule has 0 atom stereocenters. The summed E-state index contributed by atoms with van der Waals surface area (Å²) in [6.07, 6.45) is 3.56.